The molecule has 2 aromatic heterocycles. The molecular weight excluding hydrogens is 492 g/mol. The number of nitrogens with zero attached hydrogens (tertiary/aromatic N) is 4. The number of aryl methyl sites for hydroxylation is 1. The van der Waals surface area contributed by atoms with Crippen LogP contribution in [0.25, 0.3) is 22.3 Å². The van der Waals surface area contributed by atoms with Gasteiger partial charge in [0.1, 0.15) is 11.5 Å². The molecule has 0 bridgehead atoms. The normalized spacial score (nSPS) is 11.5. The second-order valence-electron chi connectivity index (χ2n) is 8.17. The van der Waals surface area contributed by atoms with E-state index in [1.165, 1.54) is 0 Å². The maximum Gasteiger partial charge on any atom is 0.416 e. The van der Waals surface area contributed by atoms with Gasteiger partial charge in [0.15, 0.2) is 5.65 Å². The van der Waals surface area contributed by atoms with Gasteiger partial charge in [0.05, 0.1) is 16.6 Å². The number of hydrogen-bond acceptors (Lipinski definition) is 6. The number of benzene rings is 2. The molecule has 0 saturated carbocycles. The number of halogens is 4. The lowest BCUT2D eigenvalue weighted by molar-refractivity contribution is -0.137. The van der Waals surface area contributed by atoms with Crippen LogP contribution in [-0.4, -0.2) is 38.9 Å². The van der Waals surface area contributed by atoms with Gasteiger partial charge >= 0.3 is 12.2 Å². The molecule has 194 valence electrons. The van der Waals surface area contributed by atoms with Gasteiger partial charge in [-0.3, -0.25) is 0 Å². The predicted molar refractivity (Wildman–Crippen MR) is 133 cm³/mol. The van der Waals surface area contributed by atoms with E-state index in [-0.39, 0.29) is 0 Å². The first-order valence-corrected chi connectivity index (χ1v) is 11.3. The zero-order valence-corrected chi connectivity index (χ0v) is 19.7. The van der Waals surface area contributed by atoms with E-state index in [1.54, 1.807) is 42.2 Å². The molecule has 0 saturated heterocycles. The molecule has 5 N–H and O–H groups in total. The van der Waals surface area contributed by atoms with Gasteiger partial charge in [0.2, 0.25) is 5.95 Å². The minimum Gasteiger partial charge on any atom is -0.354 e. The standard InChI is InChI=1S/C24H24F4N8O/c1-36-21-17(13-31-22(34-21)30-11-3-2-10-29)20(35-36)14-4-7-16(8-5-14)32-23(37)33-19-12-15(24(26,27)28)6-9-18(19)25/h4-9,12-13H,2-3,10-11,29H2,1H3,(H,30,31,34)(H2,32,33,37). The van der Waals surface area contributed by atoms with Crippen molar-refractivity contribution in [3.8, 4) is 11.3 Å². The smallest absolute Gasteiger partial charge is 0.354 e. The first-order chi connectivity index (χ1) is 17.7. The number of unbranched alkanes of at least 4 members (excludes halogenated alkanes) is 1. The van der Waals surface area contributed by atoms with E-state index in [9.17, 15) is 22.4 Å². The van der Waals surface area contributed by atoms with Crippen molar-refractivity contribution < 1.29 is 22.4 Å². The second kappa shape index (κ2) is 10.8. The molecule has 9 nitrogen and oxygen atoms in total. The summed E-state index contributed by atoms with van der Waals surface area (Å²) >= 11 is 0. The molecule has 0 aliphatic rings. The summed E-state index contributed by atoms with van der Waals surface area (Å²) in [6.45, 7) is 1.33. The molecule has 0 radical (unpaired) electrons. The molecule has 0 atom stereocenters. The molecule has 2 aromatic carbocycles. The van der Waals surface area contributed by atoms with E-state index >= 15 is 0 Å². The Morgan fingerprint density at radius 2 is 1.84 bits per heavy atom. The molecule has 4 aromatic rings. The zero-order chi connectivity index (χ0) is 26.6. The van der Waals surface area contributed by atoms with Crippen molar-refractivity contribution in [3.05, 3.63) is 60.0 Å². The number of amides is 2. The number of hydrogen-bond donors (Lipinski definition) is 4. The fourth-order valence-corrected chi connectivity index (χ4v) is 3.60. The average molecular weight is 517 g/mol. The van der Waals surface area contributed by atoms with Crippen molar-refractivity contribution in [2.75, 3.05) is 29.0 Å². The Balaban J connectivity index is 1.45. The van der Waals surface area contributed by atoms with Crippen LogP contribution in [0.1, 0.15) is 18.4 Å². The van der Waals surface area contributed by atoms with E-state index < -0.39 is 29.3 Å². The highest BCUT2D eigenvalue weighted by Crippen LogP contribution is 2.32. The van der Waals surface area contributed by atoms with Gasteiger partial charge in [-0.05, 0) is 49.7 Å². The Morgan fingerprint density at radius 1 is 1.08 bits per heavy atom. The molecule has 0 aliphatic heterocycles. The molecule has 2 heterocycles. The van der Waals surface area contributed by atoms with Gasteiger partial charge in [-0.2, -0.15) is 23.3 Å². The highest BCUT2D eigenvalue weighted by atomic mass is 19.4. The van der Waals surface area contributed by atoms with Gasteiger partial charge in [0, 0.05) is 31.0 Å². The molecule has 0 unspecified atom stereocenters. The number of alkyl halides is 3. The maximum absolute atomic E-state index is 13.9. The second-order valence-corrected chi connectivity index (χ2v) is 8.17. The zero-order valence-electron chi connectivity index (χ0n) is 19.7. The lowest BCUT2D eigenvalue weighted by Crippen LogP contribution is -2.20. The van der Waals surface area contributed by atoms with Crippen LogP contribution in [0.4, 0.5) is 39.7 Å². The number of nitrogens with one attached hydrogen (secondary N) is 3. The van der Waals surface area contributed by atoms with Crippen LogP contribution in [0.5, 0.6) is 0 Å². The van der Waals surface area contributed by atoms with Crippen LogP contribution < -0.4 is 21.7 Å². The monoisotopic (exact) mass is 516 g/mol. The van der Waals surface area contributed by atoms with E-state index in [2.05, 4.69) is 31.0 Å². The third kappa shape index (κ3) is 6.12. The number of carbonyl (C=O) groups is 1. The number of fused-ring (bicyclic) bond motifs is 1. The fraction of sp³-hybridized carbons (Fsp3) is 0.250. The Bertz CT molecular complexity index is 1400. The summed E-state index contributed by atoms with van der Waals surface area (Å²) in [5.41, 5.74) is 6.19. The van der Waals surface area contributed by atoms with Crippen molar-refractivity contribution in [1.82, 2.24) is 19.7 Å². The minimum absolute atomic E-state index is 0.342. The quantitative estimate of drug-likeness (QED) is 0.193. The van der Waals surface area contributed by atoms with Crippen molar-refractivity contribution in [3.63, 3.8) is 0 Å². The third-order valence-electron chi connectivity index (χ3n) is 5.45. The topological polar surface area (TPSA) is 123 Å². The minimum atomic E-state index is -4.67. The maximum atomic E-state index is 13.9. The van der Waals surface area contributed by atoms with Crippen molar-refractivity contribution in [2.45, 2.75) is 19.0 Å². The number of carbonyl (C=O) groups excluding carboxylic acids is 1. The lowest BCUT2D eigenvalue weighted by atomic mass is 10.1. The molecule has 0 spiro atoms. The van der Waals surface area contributed by atoms with E-state index in [0.29, 0.717) is 54.3 Å². The first-order valence-electron chi connectivity index (χ1n) is 11.3. The van der Waals surface area contributed by atoms with Gasteiger partial charge in [-0.25, -0.2) is 18.9 Å². The highest BCUT2D eigenvalue weighted by molar-refractivity contribution is 6.00. The van der Waals surface area contributed by atoms with Crippen molar-refractivity contribution in [1.29, 1.82) is 0 Å². The summed E-state index contributed by atoms with van der Waals surface area (Å²) in [4.78, 5) is 21.1. The van der Waals surface area contributed by atoms with Crippen molar-refractivity contribution in [2.24, 2.45) is 12.8 Å². The van der Waals surface area contributed by atoms with E-state index in [0.717, 1.165) is 23.8 Å². The van der Waals surface area contributed by atoms with Gasteiger partial charge in [-0.1, -0.05) is 12.1 Å². The Labute approximate surface area is 209 Å². The predicted octanol–water partition coefficient (Wildman–Crippen LogP) is 4.98. The molecule has 37 heavy (non-hydrogen) atoms. The van der Waals surface area contributed by atoms with Gasteiger partial charge < -0.3 is 21.7 Å². The first kappa shape index (κ1) is 25.8. The number of rotatable bonds is 8. The molecule has 0 aliphatic carbocycles. The summed E-state index contributed by atoms with van der Waals surface area (Å²) in [5, 5.41) is 13.0. The molecule has 0 fully saturated rings. The average Bonchev–Trinajstić information content (AvgIpc) is 3.19. The number of nitrogens with two attached hydrogens (primary N) is 1. The van der Waals surface area contributed by atoms with E-state index in [4.69, 9.17) is 5.73 Å². The van der Waals surface area contributed by atoms with E-state index in [1.807, 2.05) is 0 Å². The fourth-order valence-electron chi connectivity index (χ4n) is 3.60. The van der Waals surface area contributed by atoms with Crippen LogP contribution >= 0.6 is 0 Å². The summed E-state index contributed by atoms with van der Waals surface area (Å²) in [6.07, 6.45) is -1.18. The lowest BCUT2D eigenvalue weighted by Gasteiger charge is -2.12. The largest absolute Gasteiger partial charge is 0.416 e. The van der Waals surface area contributed by atoms with Gasteiger partial charge in [0.25, 0.3) is 0 Å². The third-order valence-corrected chi connectivity index (χ3v) is 5.45. The Morgan fingerprint density at radius 3 is 2.54 bits per heavy atom. The van der Waals surface area contributed by atoms with Crippen LogP contribution in [0.2, 0.25) is 0 Å². The van der Waals surface area contributed by atoms with Crippen LogP contribution in [0, 0.1) is 5.82 Å². The number of aromatic nitrogens is 4. The Kier molecular flexibility index (Phi) is 7.53. The highest BCUT2D eigenvalue weighted by Gasteiger charge is 2.31. The summed E-state index contributed by atoms with van der Waals surface area (Å²) in [6, 6.07) is 7.49. The summed E-state index contributed by atoms with van der Waals surface area (Å²) < 4.78 is 54.2. The van der Waals surface area contributed by atoms with Crippen LogP contribution in [0.15, 0.2) is 48.7 Å². The van der Waals surface area contributed by atoms with Crippen molar-refractivity contribution >= 4 is 34.4 Å². The van der Waals surface area contributed by atoms with Crippen LogP contribution in [-0.2, 0) is 13.2 Å². The van der Waals surface area contributed by atoms with Crippen LogP contribution in [0.3, 0.4) is 0 Å². The SMILES string of the molecule is Cn1nc(-c2ccc(NC(=O)Nc3cc(C(F)(F)F)ccc3F)cc2)c2cnc(NCCCCN)nc21. The number of anilines is 3. The summed E-state index contributed by atoms with van der Waals surface area (Å²) in [5.74, 6) is -0.501. The number of urea groups is 1. The molecule has 4 rings (SSSR count). The van der Waals surface area contributed by atoms with Gasteiger partial charge in [-0.15, -0.1) is 0 Å². The molecule has 2 amide bonds. The Hall–Kier alpha value is -4.26. The molecular formula is C24H24F4N8O. The molecule has 13 heteroatoms. The summed E-state index contributed by atoms with van der Waals surface area (Å²) in [7, 11) is 1.77.